The molecule has 0 radical (unpaired) electrons. The third kappa shape index (κ3) is 2.61. The summed E-state index contributed by atoms with van der Waals surface area (Å²) in [6.45, 7) is 2.64. The Hall–Kier alpha value is -1.66. The van der Waals surface area contributed by atoms with Crippen LogP contribution in [0.4, 0.5) is 0 Å². The van der Waals surface area contributed by atoms with E-state index >= 15 is 0 Å². The molecule has 0 bridgehead atoms. The molecule has 0 saturated heterocycles. The van der Waals surface area contributed by atoms with Crippen LogP contribution in [-0.4, -0.2) is 32.9 Å². The molecule has 0 spiro atoms. The normalized spacial score (nSPS) is 22.7. The summed E-state index contributed by atoms with van der Waals surface area (Å²) in [6, 6.07) is -0.325. The predicted molar refractivity (Wildman–Crippen MR) is 77.9 cm³/mol. The molecular formula is C15H21N3O3. The molecule has 21 heavy (non-hydrogen) atoms. The third-order valence-electron chi connectivity index (χ3n) is 4.30. The van der Waals surface area contributed by atoms with Gasteiger partial charge in [0, 0.05) is 13.5 Å². The van der Waals surface area contributed by atoms with Crippen LogP contribution in [0.2, 0.25) is 0 Å². The van der Waals surface area contributed by atoms with Gasteiger partial charge in [0.1, 0.15) is 5.82 Å². The number of hydrogen-bond acceptors (Lipinski definition) is 4. The molecule has 6 heteroatoms. The zero-order valence-electron chi connectivity index (χ0n) is 12.5. The van der Waals surface area contributed by atoms with Crippen molar-refractivity contribution in [2.45, 2.75) is 51.5 Å². The van der Waals surface area contributed by atoms with Gasteiger partial charge in [-0.1, -0.05) is 17.7 Å². The second kappa shape index (κ2) is 5.61. The van der Waals surface area contributed by atoms with Crippen molar-refractivity contribution >= 4 is 0 Å². The molecule has 2 heterocycles. The monoisotopic (exact) mass is 291 g/mol. The zero-order chi connectivity index (χ0) is 15.0. The number of aliphatic hydroxyl groups excluding tert-OH is 1. The number of hydrogen-bond donors (Lipinski definition) is 1. The predicted octanol–water partition coefficient (Wildman–Crippen LogP) is 1.16. The molecule has 0 aromatic carbocycles. The first-order valence-electron chi connectivity index (χ1n) is 7.34. The molecule has 6 nitrogen and oxygen atoms in total. The van der Waals surface area contributed by atoms with Gasteiger partial charge in [0.2, 0.25) is 0 Å². The van der Waals surface area contributed by atoms with Gasteiger partial charge in [0.05, 0.1) is 12.6 Å². The molecule has 1 N–H and O–H groups in total. The molecule has 0 amide bonds. The highest BCUT2D eigenvalue weighted by molar-refractivity contribution is 5.22. The van der Waals surface area contributed by atoms with Gasteiger partial charge in [-0.25, -0.2) is 9.48 Å². The maximum absolute atomic E-state index is 12.5. The number of aromatic nitrogens is 3. The molecule has 1 aliphatic carbocycles. The fraction of sp³-hybridized carbons (Fsp3) is 0.600. The minimum atomic E-state index is -0.957. The number of rotatable bonds is 4. The van der Waals surface area contributed by atoms with E-state index in [1.165, 1.54) is 22.9 Å². The first-order valence-corrected chi connectivity index (χ1v) is 7.34. The van der Waals surface area contributed by atoms with Gasteiger partial charge in [0.25, 0.3) is 0 Å². The van der Waals surface area contributed by atoms with Gasteiger partial charge >= 0.3 is 5.69 Å². The van der Waals surface area contributed by atoms with Crippen LogP contribution in [-0.2, 0) is 17.7 Å². The van der Waals surface area contributed by atoms with Gasteiger partial charge in [-0.3, -0.25) is 4.57 Å². The first kappa shape index (κ1) is 14.3. The molecule has 0 saturated carbocycles. The lowest BCUT2D eigenvalue weighted by Crippen LogP contribution is -2.33. The summed E-state index contributed by atoms with van der Waals surface area (Å²) in [7, 11) is 1.44. The van der Waals surface area contributed by atoms with Crippen LogP contribution in [0.25, 0.3) is 0 Å². The highest BCUT2D eigenvalue weighted by Crippen LogP contribution is 2.26. The lowest BCUT2D eigenvalue weighted by Gasteiger charge is -2.17. The number of aryl methyl sites for hydroxylation is 1. The third-order valence-corrected chi connectivity index (χ3v) is 4.30. The number of aliphatic hydroxyl groups is 1. The van der Waals surface area contributed by atoms with Crippen molar-refractivity contribution in [3.8, 4) is 0 Å². The molecule has 3 rings (SSSR count). The minimum absolute atomic E-state index is 0.157. The Bertz CT molecular complexity index is 654. The van der Waals surface area contributed by atoms with E-state index in [2.05, 4.69) is 24.2 Å². The van der Waals surface area contributed by atoms with Crippen molar-refractivity contribution in [1.29, 1.82) is 0 Å². The summed E-state index contributed by atoms with van der Waals surface area (Å²) >= 11 is 0. The van der Waals surface area contributed by atoms with E-state index in [0.717, 1.165) is 18.7 Å². The molecule has 1 aromatic heterocycles. The Labute approximate surface area is 123 Å². The Kier molecular flexibility index (Phi) is 3.82. The van der Waals surface area contributed by atoms with Gasteiger partial charge in [-0.2, -0.15) is 5.10 Å². The molecule has 1 unspecified atom stereocenters. The SMILES string of the molecule is COC(O)[C@@H]1CCc2nn(CC3=CC=C(C)CC3)c(=O)n21. The Morgan fingerprint density at radius 1 is 1.43 bits per heavy atom. The summed E-state index contributed by atoms with van der Waals surface area (Å²) in [6.07, 6.45) is 6.63. The standard InChI is InChI=1S/C15H21N3O3/c1-10-3-5-11(6-4-10)9-17-15(20)18-12(14(19)21-2)7-8-13(18)16-17/h3,5,12,14,19H,4,6-9H2,1-2H3/t12-,14?/m0/s1. The Morgan fingerprint density at radius 3 is 2.90 bits per heavy atom. The van der Waals surface area contributed by atoms with Crippen LogP contribution in [0.15, 0.2) is 28.1 Å². The average Bonchev–Trinajstić information content (AvgIpc) is 3.02. The van der Waals surface area contributed by atoms with Crippen molar-refractivity contribution in [1.82, 2.24) is 14.3 Å². The highest BCUT2D eigenvalue weighted by Gasteiger charge is 2.32. The van der Waals surface area contributed by atoms with Crippen molar-refractivity contribution < 1.29 is 9.84 Å². The van der Waals surface area contributed by atoms with Crippen molar-refractivity contribution in [3.05, 3.63) is 39.6 Å². The Balaban J connectivity index is 1.85. The van der Waals surface area contributed by atoms with Crippen LogP contribution in [0.1, 0.15) is 38.1 Å². The largest absolute Gasteiger partial charge is 0.366 e. The van der Waals surface area contributed by atoms with Gasteiger partial charge in [-0.15, -0.1) is 0 Å². The Morgan fingerprint density at radius 2 is 2.24 bits per heavy atom. The van der Waals surface area contributed by atoms with Crippen LogP contribution in [0.5, 0.6) is 0 Å². The summed E-state index contributed by atoms with van der Waals surface area (Å²) < 4.78 is 8.04. The molecule has 2 aliphatic rings. The average molecular weight is 291 g/mol. The maximum atomic E-state index is 12.5. The van der Waals surface area contributed by atoms with Crippen molar-refractivity contribution in [3.63, 3.8) is 0 Å². The van der Waals surface area contributed by atoms with E-state index < -0.39 is 6.29 Å². The second-order valence-electron chi connectivity index (χ2n) is 5.80. The number of methoxy groups -OCH3 is 1. The van der Waals surface area contributed by atoms with Gasteiger partial charge < -0.3 is 9.84 Å². The van der Waals surface area contributed by atoms with E-state index in [4.69, 9.17) is 4.74 Å². The fourth-order valence-electron chi connectivity index (χ4n) is 3.01. The van der Waals surface area contributed by atoms with Crippen LogP contribution in [0.3, 0.4) is 0 Å². The van der Waals surface area contributed by atoms with Crippen LogP contribution >= 0.6 is 0 Å². The van der Waals surface area contributed by atoms with E-state index in [1.54, 1.807) is 4.57 Å². The van der Waals surface area contributed by atoms with E-state index in [9.17, 15) is 9.90 Å². The number of allylic oxidation sites excluding steroid dienone is 4. The van der Waals surface area contributed by atoms with Crippen LogP contribution in [0, 0.1) is 0 Å². The smallest absolute Gasteiger partial charge is 0.346 e. The quantitative estimate of drug-likeness (QED) is 0.845. The topological polar surface area (TPSA) is 69.3 Å². The lowest BCUT2D eigenvalue weighted by atomic mass is 10.00. The molecule has 114 valence electrons. The van der Waals surface area contributed by atoms with Crippen LogP contribution < -0.4 is 5.69 Å². The minimum Gasteiger partial charge on any atom is -0.366 e. The molecule has 0 fully saturated rings. The molecular weight excluding hydrogens is 270 g/mol. The summed E-state index contributed by atoms with van der Waals surface area (Å²) in [5.41, 5.74) is 2.42. The first-order chi connectivity index (χ1) is 10.1. The molecule has 2 atom stereocenters. The van der Waals surface area contributed by atoms with Gasteiger partial charge in [0.15, 0.2) is 6.29 Å². The van der Waals surface area contributed by atoms with E-state index in [1.807, 2.05) is 0 Å². The van der Waals surface area contributed by atoms with Crippen molar-refractivity contribution in [2.75, 3.05) is 7.11 Å². The second-order valence-corrected chi connectivity index (χ2v) is 5.80. The number of ether oxygens (including phenoxy) is 1. The summed E-state index contributed by atoms with van der Waals surface area (Å²) in [5, 5.41) is 14.3. The molecule has 1 aromatic rings. The molecule has 1 aliphatic heterocycles. The fourth-order valence-corrected chi connectivity index (χ4v) is 3.01. The maximum Gasteiger partial charge on any atom is 0.346 e. The zero-order valence-corrected chi connectivity index (χ0v) is 12.5. The summed E-state index contributed by atoms with van der Waals surface area (Å²) in [5.74, 6) is 0.740. The van der Waals surface area contributed by atoms with E-state index in [-0.39, 0.29) is 11.7 Å². The van der Waals surface area contributed by atoms with Gasteiger partial charge in [-0.05, 0) is 31.8 Å². The highest BCUT2D eigenvalue weighted by atomic mass is 16.6. The number of nitrogens with zero attached hydrogens (tertiary/aromatic N) is 3. The van der Waals surface area contributed by atoms with E-state index in [0.29, 0.717) is 19.4 Å². The number of fused-ring (bicyclic) bond motifs is 1. The lowest BCUT2D eigenvalue weighted by molar-refractivity contribution is -0.106. The summed E-state index contributed by atoms with van der Waals surface area (Å²) in [4.78, 5) is 12.5. The van der Waals surface area contributed by atoms with Crippen molar-refractivity contribution in [2.24, 2.45) is 0 Å².